The zero-order chi connectivity index (χ0) is 25.5. The van der Waals surface area contributed by atoms with Gasteiger partial charge >= 0.3 is 0 Å². The molecule has 0 bridgehead atoms. The van der Waals surface area contributed by atoms with E-state index in [0.717, 1.165) is 28.0 Å². The van der Waals surface area contributed by atoms with E-state index in [4.69, 9.17) is 29.0 Å². The molecule has 1 aliphatic heterocycles. The number of ether oxygens (including phenoxy) is 4. The molecule has 3 aromatic carbocycles. The van der Waals surface area contributed by atoms with Crippen LogP contribution in [-0.4, -0.2) is 46.0 Å². The van der Waals surface area contributed by atoms with Gasteiger partial charge in [-0.25, -0.2) is 14.5 Å². The maximum atomic E-state index is 10.1. The van der Waals surface area contributed by atoms with Crippen molar-refractivity contribution >= 4 is 5.65 Å². The second-order valence-electron chi connectivity index (χ2n) is 8.66. The zero-order valence-electron chi connectivity index (χ0n) is 20.5. The predicted molar refractivity (Wildman–Crippen MR) is 135 cm³/mol. The summed E-state index contributed by atoms with van der Waals surface area (Å²) in [7, 11) is 4.86. The summed E-state index contributed by atoms with van der Waals surface area (Å²) in [5, 5.41) is 14.8. The number of nitrogens with zero attached hydrogens (tertiary/aromatic N) is 4. The van der Waals surface area contributed by atoms with Gasteiger partial charge in [0.05, 0.1) is 26.9 Å². The molecule has 186 valence electrons. The van der Waals surface area contributed by atoms with E-state index in [1.54, 1.807) is 44.3 Å². The molecule has 37 heavy (non-hydrogen) atoms. The summed E-state index contributed by atoms with van der Waals surface area (Å²) in [5.74, 6) is 3.57. The van der Waals surface area contributed by atoms with Crippen LogP contribution in [0.5, 0.6) is 34.6 Å². The molecule has 9 heteroatoms. The topological polar surface area (TPSA) is 100 Å². The fourth-order valence-electron chi connectivity index (χ4n) is 4.74. The fourth-order valence-corrected chi connectivity index (χ4v) is 4.74. The molecule has 0 fully saturated rings. The maximum Gasteiger partial charge on any atom is 0.228 e. The van der Waals surface area contributed by atoms with E-state index in [1.165, 1.54) is 0 Å². The van der Waals surface area contributed by atoms with Gasteiger partial charge in [0.2, 0.25) is 5.88 Å². The SMILES string of the molecule is COc1ccc([C@H]2c3ccc(O)cc3Oc3ncn4nc(Cc5ccc(OC)c(OC)c5)nc4c32)cc1. The number of methoxy groups -OCH3 is 3. The summed E-state index contributed by atoms with van der Waals surface area (Å²) in [4.78, 5) is 9.46. The maximum absolute atomic E-state index is 10.1. The summed E-state index contributed by atoms with van der Waals surface area (Å²) in [6.07, 6.45) is 2.09. The van der Waals surface area contributed by atoms with Gasteiger partial charge in [0.1, 0.15) is 23.6 Å². The van der Waals surface area contributed by atoms with Crippen LogP contribution in [0.15, 0.2) is 67.0 Å². The first-order valence-electron chi connectivity index (χ1n) is 11.7. The number of rotatable bonds is 6. The van der Waals surface area contributed by atoms with Crippen LogP contribution in [0.3, 0.4) is 0 Å². The van der Waals surface area contributed by atoms with Gasteiger partial charge in [-0.1, -0.05) is 24.3 Å². The first-order chi connectivity index (χ1) is 18.1. The minimum absolute atomic E-state index is 0.122. The van der Waals surface area contributed by atoms with Gasteiger partial charge in [0, 0.05) is 24.0 Å². The fraction of sp³-hybridized carbons (Fsp3) is 0.179. The van der Waals surface area contributed by atoms with Crippen LogP contribution in [-0.2, 0) is 6.42 Å². The standard InChI is InChI=1S/C28H24N4O5/c1-34-19-8-5-17(6-9-19)25-20-10-7-18(33)14-22(20)37-28-26(25)27-30-24(31-32(27)15-29-28)13-16-4-11-21(35-2)23(12-16)36-3/h4-12,14-15,25,33H,13H2,1-3H3/t25-/m0/s1. The van der Waals surface area contributed by atoms with Crippen molar-refractivity contribution in [1.29, 1.82) is 0 Å². The van der Waals surface area contributed by atoms with Crippen LogP contribution < -0.4 is 18.9 Å². The molecule has 0 saturated heterocycles. The number of fused-ring (bicyclic) bond motifs is 4. The average molecular weight is 497 g/mol. The summed E-state index contributed by atoms with van der Waals surface area (Å²) in [5.41, 5.74) is 4.35. The van der Waals surface area contributed by atoms with Crippen molar-refractivity contribution < 1.29 is 24.1 Å². The molecule has 0 spiro atoms. The normalized spacial score (nSPS) is 14.0. The van der Waals surface area contributed by atoms with Crippen LogP contribution >= 0.6 is 0 Å². The average Bonchev–Trinajstić information content (AvgIpc) is 3.34. The van der Waals surface area contributed by atoms with Gasteiger partial charge in [-0.05, 0) is 41.5 Å². The Bertz CT molecular complexity index is 1610. The summed E-state index contributed by atoms with van der Waals surface area (Å²) >= 11 is 0. The Morgan fingerprint density at radius 2 is 1.73 bits per heavy atom. The molecule has 9 nitrogen and oxygen atoms in total. The number of phenolic OH excluding ortho intramolecular Hbond substituents is 1. The van der Waals surface area contributed by atoms with Crippen LogP contribution in [0.25, 0.3) is 5.65 Å². The second-order valence-corrected chi connectivity index (χ2v) is 8.66. The third-order valence-corrected chi connectivity index (χ3v) is 6.49. The molecule has 2 aromatic heterocycles. The van der Waals surface area contributed by atoms with Crippen molar-refractivity contribution in [2.24, 2.45) is 0 Å². The molecule has 1 N–H and O–H groups in total. The molecule has 0 radical (unpaired) electrons. The van der Waals surface area contributed by atoms with Crippen molar-refractivity contribution in [2.45, 2.75) is 12.3 Å². The molecule has 1 aliphatic rings. The predicted octanol–water partition coefficient (Wildman–Crippen LogP) is 4.73. The van der Waals surface area contributed by atoms with Crippen LogP contribution in [0.1, 0.15) is 34.0 Å². The van der Waals surface area contributed by atoms with Gasteiger partial charge in [-0.15, -0.1) is 5.10 Å². The molecule has 0 saturated carbocycles. The van der Waals surface area contributed by atoms with Crippen LogP contribution in [0, 0.1) is 0 Å². The third kappa shape index (κ3) is 3.94. The second kappa shape index (κ2) is 9.02. The van der Waals surface area contributed by atoms with Crippen molar-refractivity contribution in [3.8, 4) is 34.6 Å². The quantitative estimate of drug-likeness (QED) is 0.353. The van der Waals surface area contributed by atoms with Crippen molar-refractivity contribution in [3.05, 3.63) is 95.1 Å². The van der Waals surface area contributed by atoms with Gasteiger partial charge in [-0.2, -0.15) is 0 Å². The first kappa shape index (κ1) is 22.7. The van der Waals surface area contributed by atoms with Gasteiger partial charge in [0.25, 0.3) is 0 Å². The summed E-state index contributed by atoms with van der Waals surface area (Å²) < 4.78 is 24.0. The lowest BCUT2D eigenvalue weighted by Crippen LogP contribution is -2.15. The van der Waals surface area contributed by atoms with Crippen LogP contribution in [0.4, 0.5) is 0 Å². The van der Waals surface area contributed by atoms with E-state index in [9.17, 15) is 5.11 Å². The number of aromatic hydroxyl groups is 1. The third-order valence-electron chi connectivity index (χ3n) is 6.49. The zero-order valence-corrected chi connectivity index (χ0v) is 20.5. The Morgan fingerprint density at radius 1 is 0.919 bits per heavy atom. The number of phenols is 1. The highest BCUT2D eigenvalue weighted by Crippen LogP contribution is 2.48. The summed E-state index contributed by atoms with van der Waals surface area (Å²) in [6, 6.07) is 18.8. The molecule has 1 atom stereocenters. The number of hydrogen-bond donors (Lipinski definition) is 1. The Kier molecular flexibility index (Phi) is 5.52. The van der Waals surface area contributed by atoms with E-state index in [-0.39, 0.29) is 11.7 Å². The molecule has 6 rings (SSSR count). The van der Waals surface area contributed by atoms with Gasteiger partial charge < -0.3 is 24.1 Å². The van der Waals surface area contributed by atoms with Gasteiger partial charge in [0.15, 0.2) is 23.0 Å². The number of benzene rings is 3. The molecular formula is C28H24N4O5. The van der Waals surface area contributed by atoms with E-state index in [1.807, 2.05) is 48.5 Å². The van der Waals surface area contributed by atoms with E-state index in [2.05, 4.69) is 4.98 Å². The van der Waals surface area contributed by atoms with Crippen molar-refractivity contribution in [3.63, 3.8) is 0 Å². The van der Waals surface area contributed by atoms with Crippen LogP contribution in [0.2, 0.25) is 0 Å². The Labute approximate surface area is 212 Å². The molecular weight excluding hydrogens is 472 g/mol. The first-order valence-corrected chi connectivity index (χ1v) is 11.7. The highest BCUT2D eigenvalue weighted by molar-refractivity contribution is 5.66. The highest BCUT2D eigenvalue weighted by Gasteiger charge is 2.33. The van der Waals surface area contributed by atoms with Gasteiger partial charge in [-0.3, -0.25) is 0 Å². The number of aromatic nitrogens is 4. The Morgan fingerprint density at radius 3 is 2.49 bits per heavy atom. The lowest BCUT2D eigenvalue weighted by molar-refractivity contribution is 0.354. The molecule has 0 aliphatic carbocycles. The van der Waals surface area contributed by atoms with Crippen molar-refractivity contribution in [1.82, 2.24) is 19.6 Å². The Hall–Kier alpha value is -4.79. The highest BCUT2D eigenvalue weighted by atomic mass is 16.5. The number of hydrogen-bond acceptors (Lipinski definition) is 8. The molecule has 5 aromatic rings. The largest absolute Gasteiger partial charge is 0.508 e. The lowest BCUT2D eigenvalue weighted by Gasteiger charge is -2.28. The lowest BCUT2D eigenvalue weighted by atomic mass is 9.84. The molecule has 3 heterocycles. The van der Waals surface area contributed by atoms with E-state index in [0.29, 0.717) is 41.0 Å². The molecule has 0 amide bonds. The Balaban J connectivity index is 1.47. The smallest absolute Gasteiger partial charge is 0.228 e. The molecule has 0 unspecified atom stereocenters. The van der Waals surface area contributed by atoms with Crippen molar-refractivity contribution in [2.75, 3.05) is 21.3 Å². The minimum Gasteiger partial charge on any atom is -0.508 e. The summed E-state index contributed by atoms with van der Waals surface area (Å²) in [6.45, 7) is 0. The monoisotopic (exact) mass is 496 g/mol. The minimum atomic E-state index is -0.236. The van der Waals surface area contributed by atoms with E-state index < -0.39 is 0 Å². The van der Waals surface area contributed by atoms with E-state index >= 15 is 0 Å².